The molecule has 1 aliphatic rings. The lowest BCUT2D eigenvalue weighted by atomic mass is 10.1. The Bertz CT molecular complexity index is 639. The molecule has 0 aliphatic carbocycles. The van der Waals surface area contributed by atoms with Gasteiger partial charge in [0.25, 0.3) is 0 Å². The minimum atomic E-state index is 0.0199. The molecule has 1 saturated heterocycles. The highest BCUT2D eigenvalue weighted by molar-refractivity contribution is 7.99. The number of anilines is 1. The maximum absolute atomic E-state index is 12.2. The predicted octanol–water partition coefficient (Wildman–Crippen LogP) is 1.00. The van der Waals surface area contributed by atoms with Crippen molar-refractivity contribution < 1.29 is 4.79 Å². The number of carbonyl (C=O) groups is 1. The van der Waals surface area contributed by atoms with Crippen molar-refractivity contribution in [1.82, 2.24) is 25.5 Å². The second-order valence-electron chi connectivity index (χ2n) is 5.23. The van der Waals surface area contributed by atoms with Gasteiger partial charge in [0.1, 0.15) is 6.33 Å². The maximum atomic E-state index is 12.2. The van der Waals surface area contributed by atoms with Gasteiger partial charge in [0, 0.05) is 36.2 Å². The molecule has 3 rings (SSSR count). The molecule has 1 amide bonds. The highest BCUT2D eigenvalue weighted by Gasteiger charge is 2.17. The third-order valence-electron chi connectivity index (χ3n) is 3.52. The van der Waals surface area contributed by atoms with E-state index < -0.39 is 0 Å². The Labute approximate surface area is 132 Å². The highest BCUT2D eigenvalue weighted by atomic mass is 32.2. The van der Waals surface area contributed by atoms with E-state index in [0.717, 1.165) is 35.0 Å². The summed E-state index contributed by atoms with van der Waals surface area (Å²) >= 11 is 1.89. The molecular weight excluding hydrogens is 300 g/mol. The second kappa shape index (κ2) is 6.89. The molecule has 1 fully saturated rings. The maximum Gasteiger partial charge on any atom is 0.225 e. The van der Waals surface area contributed by atoms with Crippen LogP contribution in [0.2, 0.25) is 0 Å². The zero-order valence-electron chi connectivity index (χ0n) is 12.3. The van der Waals surface area contributed by atoms with Crippen LogP contribution >= 0.6 is 11.8 Å². The van der Waals surface area contributed by atoms with Crippen LogP contribution in [-0.2, 0) is 4.79 Å². The fourth-order valence-corrected chi connectivity index (χ4v) is 3.34. The highest BCUT2D eigenvalue weighted by Crippen LogP contribution is 2.19. The topological polar surface area (TPSA) is 84.7 Å². The average molecular weight is 318 g/mol. The van der Waals surface area contributed by atoms with Crippen molar-refractivity contribution in [3.8, 4) is 5.69 Å². The van der Waals surface area contributed by atoms with E-state index in [0.29, 0.717) is 6.42 Å². The van der Waals surface area contributed by atoms with Crippen molar-refractivity contribution in [2.45, 2.75) is 19.4 Å². The normalized spacial score (nSPS) is 18.1. The number of amides is 1. The van der Waals surface area contributed by atoms with Crippen LogP contribution in [0.3, 0.4) is 0 Å². The van der Waals surface area contributed by atoms with Gasteiger partial charge in [-0.1, -0.05) is 6.07 Å². The van der Waals surface area contributed by atoms with Crippen molar-refractivity contribution in [2.24, 2.45) is 0 Å². The van der Waals surface area contributed by atoms with E-state index in [-0.39, 0.29) is 11.9 Å². The molecule has 22 heavy (non-hydrogen) atoms. The quantitative estimate of drug-likeness (QED) is 0.875. The Morgan fingerprint density at radius 3 is 3.18 bits per heavy atom. The molecule has 7 nitrogen and oxygen atoms in total. The first-order chi connectivity index (χ1) is 10.7. The summed E-state index contributed by atoms with van der Waals surface area (Å²) in [6.45, 7) is 2.95. The van der Waals surface area contributed by atoms with Gasteiger partial charge in [-0.05, 0) is 35.0 Å². The van der Waals surface area contributed by atoms with Gasteiger partial charge in [-0.25, -0.2) is 4.68 Å². The Kier molecular flexibility index (Phi) is 4.69. The molecule has 0 bridgehead atoms. The minimum absolute atomic E-state index is 0.0199. The fourth-order valence-electron chi connectivity index (χ4n) is 2.39. The van der Waals surface area contributed by atoms with Crippen molar-refractivity contribution in [3.05, 3.63) is 30.1 Å². The number of thioether (sulfide) groups is 1. The molecule has 0 radical (unpaired) electrons. The van der Waals surface area contributed by atoms with Gasteiger partial charge in [-0.2, -0.15) is 11.8 Å². The van der Waals surface area contributed by atoms with Gasteiger partial charge in [0.15, 0.2) is 0 Å². The lowest BCUT2D eigenvalue weighted by Crippen LogP contribution is -2.39. The van der Waals surface area contributed by atoms with E-state index in [1.54, 1.807) is 4.68 Å². The molecule has 1 atom stereocenters. The van der Waals surface area contributed by atoms with E-state index in [1.165, 1.54) is 6.33 Å². The predicted molar refractivity (Wildman–Crippen MR) is 86.3 cm³/mol. The summed E-state index contributed by atoms with van der Waals surface area (Å²) in [6, 6.07) is 5.97. The number of rotatable bonds is 4. The standard InChI is InChI=1S/C14H18N6OS/c1-10-2-3-11(6-13(10)20-9-16-18-19-20)17-14(21)7-12-8-22-5-4-15-12/h2-3,6,9,12,15H,4-5,7-8H2,1H3,(H,17,21). The second-order valence-corrected chi connectivity index (χ2v) is 6.38. The first-order valence-corrected chi connectivity index (χ1v) is 8.33. The van der Waals surface area contributed by atoms with Gasteiger partial charge in [0.2, 0.25) is 5.91 Å². The molecular formula is C14H18N6OS. The van der Waals surface area contributed by atoms with Crippen molar-refractivity contribution in [1.29, 1.82) is 0 Å². The summed E-state index contributed by atoms with van der Waals surface area (Å²) in [6.07, 6.45) is 2.03. The van der Waals surface area contributed by atoms with Crippen LogP contribution in [-0.4, -0.2) is 50.2 Å². The number of nitrogens with zero attached hydrogens (tertiary/aromatic N) is 4. The molecule has 0 spiro atoms. The number of nitrogens with one attached hydrogen (secondary N) is 2. The molecule has 8 heteroatoms. The summed E-state index contributed by atoms with van der Waals surface area (Å²) in [4.78, 5) is 12.2. The van der Waals surface area contributed by atoms with Crippen LogP contribution < -0.4 is 10.6 Å². The molecule has 2 heterocycles. The molecule has 1 aliphatic heterocycles. The molecule has 2 N–H and O–H groups in total. The number of tetrazole rings is 1. The van der Waals surface area contributed by atoms with Crippen molar-refractivity contribution in [3.63, 3.8) is 0 Å². The summed E-state index contributed by atoms with van der Waals surface area (Å²) in [5.74, 6) is 2.12. The molecule has 1 aromatic carbocycles. The minimum Gasteiger partial charge on any atom is -0.326 e. The van der Waals surface area contributed by atoms with Crippen LogP contribution in [0.5, 0.6) is 0 Å². The van der Waals surface area contributed by atoms with Crippen LogP contribution in [0.1, 0.15) is 12.0 Å². The Morgan fingerprint density at radius 1 is 1.55 bits per heavy atom. The monoisotopic (exact) mass is 318 g/mol. The van der Waals surface area contributed by atoms with E-state index in [1.807, 2.05) is 36.9 Å². The molecule has 1 unspecified atom stereocenters. The van der Waals surface area contributed by atoms with Crippen LogP contribution in [0.25, 0.3) is 5.69 Å². The van der Waals surface area contributed by atoms with Gasteiger partial charge in [-0.3, -0.25) is 4.79 Å². The smallest absolute Gasteiger partial charge is 0.225 e. The van der Waals surface area contributed by atoms with E-state index in [2.05, 4.69) is 26.2 Å². The van der Waals surface area contributed by atoms with Crippen LogP contribution in [0.4, 0.5) is 5.69 Å². The third kappa shape index (κ3) is 3.63. The summed E-state index contributed by atoms with van der Waals surface area (Å²) < 4.78 is 1.59. The zero-order valence-corrected chi connectivity index (χ0v) is 13.1. The van der Waals surface area contributed by atoms with E-state index >= 15 is 0 Å². The molecule has 0 saturated carbocycles. The Morgan fingerprint density at radius 2 is 2.45 bits per heavy atom. The van der Waals surface area contributed by atoms with Crippen LogP contribution in [0.15, 0.2) is 24.5 Å². The first-order valence-electron chi connectivity index (χ1n) is 7.17. The SMILES string of the molecule is Cc1ccc(NC(=O)CC2CSCCN2)cc1-n1cnnn1. The lowest BCUT2D eigenvalue weighted by Gasteiger charge is -2.22. The molecule has 2 aromatic rings. The van der Waals surface area contributed by atoms with E-state index in [4.69, 9.17) is 0 Å². The number of hydrogen-bond donors (Lipinski definition) is 2. The number of hydrogen-bond acceptors (Lipinski definition) is 6. The average Bonchev–Trinajstić information content (AvgIpc) is 3.04. The number of carbonyl (C=O) groups excluding carboxylic acids is 1. The molecule has 116 valence electrons. The number of aromatic nitrogens is 4. The van der Waals surface area contributed by atoms with Gasteiger partial charge < -0.3 is 10.6 Å². The van der Waals surface area contributed by atoms with Crippen LogP contribution in [0, 0.1) is 6.92 Å². The van der Waals surface area contributed by atoms with Crippen molar-refractivity contribution in [2.75, 3.05) is 23.4 Å². The fraction of sp³-hybridized carbons (Fsp3) is 0.429. The van der Waals surface area contributed by atoms with E-state index in [9.17, 15) is 4.79 Å². The zero-order chi connectivity index (χ0) is 15.4. The number of benzene rings is 1. The van der Waals surface area contributed by atoms with Gasteiger partial charge >= 0.3 is 0 Å². The third-order valence-corrected chi connectivity index (χ3v) is 4.65. The first kappa shape index (κ1) is 15.0. The summed E-state index contributed by atoms with van der Waals surface area (Å²) in [5.41, 5.74) is 2.65. The summed E-state index contributed by atoms with van der Waals surface area (Å²) in [5, 5.41) is 17.5. The summed E-state index contributed by atoms with van der Waals surface area (Å²) in [7, 11) is 0. The Hall–Kier alpha value is -1.93. The molecule has 1 aromatic heterocycles. The van der Waals surface area contributed by atoms with Gasteiger partial charge in [0.05, 0.1) is 5.69 Å². The number of aryl methyl sites for hydroxylation is 1. The van der Waals surface area contributed by atoms with Crippen molar-refractivity contribution >= 4 is 23.4 Å². The lowest BCUT2D eigenvalue weighted by molar-refractivity contribution is -0.116. The largest absolute Gasteiger partial charge is 0.326 e. The Balaban J connectivity index is 1.67. The van der Waals surface area contributed by atoms with Gasteiger partial charge in [-0.15, -0.1) is 5.10 Å².